The summed E-state index contributed by atoms with van der Waals surface area (Å²) < 4.78 is 0. The highest BCUT2D eigenvalue weighted by Gasteiger charge is 2.28. The summed E-state index contributed by atoms with van der Waals surface area (Å²) in [4.78, 5) is 24.8. The molecule has 1 aliphatic heterocycles. The molecule has 0 atom stereocenters. The van der Waals surface area contributed by atoms with Crippen LogP contribution in [0.1, 0.15) is 15.9 Å². The van der Waals surface area contributed by atoms with Crippen molar-refractivity contribution >= 4 is 28.8 Å². The summed E-state index contributed by atoms with van der Waals surface area (Å²) in [5.41, 5.74) is 2.98. The first-order valence-electron chi connectivity index (χ1n) is 6.34. The van der Waals surface area contributed by atoms with Gasteiger partial charge in [0.2, 0.25) is 0 Å². The van der Waals surface area contributed by atoms with E-state index in [0.29, 0.717) is 16.8 Å². The maximum Gasteiger partial charge on any atom is 0.296 e. The quantitative estimate of drug-likeness (QED) is 0.856. The SMILES string of the molecule is CN(c1ccc2c(c1)NC(=O)C2=O)c1ccccc1C#N. The number of nitrogens with zero attached hydrogens (tertiary/aromatic N) is 2. The molecule has 0 spiro atoms. The smallest absolute Gasteiger partial charge is 0.296 e. The number of hydrogen-bond acceptors (Lipinski definition) is 4. The molecule has 21 heavy (non-hydrogen) atoms. The third-order valence-electron chi connectivity index (χ3n) is 3.48. The predicted octanol–water partition coefficient (Wildman–Crippen LogP) is 2.46. The number of rotatable bonds is 2. The Morgan fingerprint density at radius 1 is 1.14 bits per heavy atom. The van der Waals surface area contributed by atoms with Crippen LogP contribution < -0.4 is 10.2 Å². The van der Waals surface area contributed by atoms with Crippen molar-refractivity contribution in [3.05, 3.63) is 53.6 Å². The minimum Gasteiger partial charge on any atom is -0.343 e. The predicted molar refractivity (Wildman–Crippen MR) is 78.6 cm³/mol. The highest BCUT2D eigenvalue weighted by molar-refractivity contribution is 6.51. The van der Waals surface area contributed by atoms with Gasteiger partial charge in [0.15, 0.2) is 0 Å². The van der Waals surface area contributed by atoms with Crippen molar-refractivity contribution in [2.24, 2.45) is 0 Å². The molecule has 102 valence electrons. The zero-order chi connectivity index (χ0) is 15.0. The normalized spacial score (nSPS) is 12.6. The van der Waals surface area contributed by atoms with Crippen molar-refractivity contribution < 1.29 is 9.59 Å². The van der Waals surface area contributed by atoms with Gasteiger partial charge in [0.05, 0.1) is 22.5 Å². The molecule has 1 aliphatic rings. The summed E-state index contributed by atoms with van der Waals surface area (Å²) in [6, 6.07) is 14.5. The number of Topliss-reactive ketones (excluding diaryl/α,β-unsaturated/α-hetero) is 1. The van der Waals surface area contributed by atoms with Crippen LogP contribution >= 0.6 is 0 Å². The second-order valence-corrected chi connectivity index (χ2v) is 4.70. The number of amides is 1. The van der Waals surface area contributed by atoms with E-state index in [-0.39, 0.29) is 0 Å². The fraction of sp³-hybridized carbons (Fsp3) is 0.0625. The van der Waals surface area contributed by atoms with Gasteiger partial charge >= 0.3 is 0 Å². The van der Waals surface area contributed by atoms with E-state index >= 15 is 0 Å². The third-order valence-corrected chi connectivity index (χ3v) is 3.48. The zero-order valence-corrected chi connectivity index (χ0v) is 11.3. The van der Waals surface area contributed by atoms with Gasteiger partial charge in [-0.2, -0.15) is 5.26 Å². The summed E-state index contributed by atoms with van der Waals surface area (Å²) in [5, 5.41) is 11.7. The van der Waals surface area contributed by atoms with E-state index in [2.05, 4.69) is 11.4 Å². The Labute approximate surface area is 121 Å². The topological polar surface area (TPSA) is 73.2 Å². The van der Waals surface area contributed by atoms with Crippen molar-refractivity contribution in [1.82, 2.24) is 0 Å². The molecule has 0 unspecified atom stereocenters. The van der Waals surface area contributed by atoms with Crippen molar-refractivity contribution in [1.29, 1.82) is 5.26 Å². The van der Waals surface area contributed by atoms with Gasteiger partial charge in [-0.25, -0.2) is 0 Å². The van der Waals surface area contributed by atoms with E-state index in [4.69, 9.17) is 5.26 Å². The lowest BCUT2D eigenvalue weighted by Crippen LogP contribution is -2.12. The molecule has 0 saturated heterocycles. The van der Waals surface area contributed by atoms with Crippen LogP contribution in [0.25, 0.3) is 0 Å². The van der Waals surface area contributed by atoms with Gasteiger partial charge in [-0.05, 0) is 30.3 Å². The van der Waals surface area contributed by atoms with Crippen molar-refractivity contribution in [3.8, 4) is 6.07 Å². The number of hydrogen-bond donors (Lipinski definition) is 1. The first-order valence-corrected chi connectivity index (χ1v) is 6.34. The van der Waals surface area contributed by atoms with E-state index < -0.39 is 11.7 Å². The lowest BCUT2D eigenvalue weighted by atomic mass is 10.1. The maximum atomic E-state index is 11.6. The molecule has 0 aromatic heterocycles. The number of para-hydroxylation sites is 1. The molecule has 2 aromatic carbocycles. The Balaban J connectivity index is 2.03. The number of benzene rings is 2. The van der Waals surface area contributed by atoms with Crippen LogP contribution in [0.15, 0.2) is 42.5 Å². The molecule has 1 amide bonds. The Morgan fingerprint density at radius 3 is 2.67 bits per heavy atom. The largest absolute Gasteiger partial charge is 0.343 e. The monoisotopic (exact) mass is 277 g/mol. The zero-order valence-electron chi connectivity index (χ0n) is 11.3. The molecular formula is C16H11N3O2. The van der Waals surface area contributed by atoms with Crippen LogP contribution in [0.3, 0.4) is 0 Å². The van der Waals surface area contributed by atoms with Gasteiger partial charge < -0.3 is 10.2 Å². The van der Waals surface area contributed by atoms with E-state index in [0.717, 1.165) is 11.4 Å². The average Bonchev–Trinajstić information content (AvgIpc) is 2.80. The molecule has 2 aromatic rings. The summed E-state index contributed by atoms with van der Waals surface area (Å²) in [7, 11) is 1.83. The van der Waals surface area contributed by atoms with Crippen molar-refractivity contribution in [2.45, 2.75) is 0 Å². The molecular weight excluding hydrogens is 266 g/mol. The van der Waals surface area contributed by atoms with Gasteiger partial charge in [0, 0.05) is 12.7 Å². The highest BCUT2D eigenvalue weighted by atomic mass is 16.2. The molecule has 0 aliphatic carbocycles. The lowest BCUT2D eigenvalue weighted by molar-refractivity contribution is -0.112. The molecule has 3 rings (SSSR count). The van der Waals surface area contributed by atoms with E-state index in [1.54, 1.807) is 30.3 Å². The van der Waals surface area contributed by atoms with Crippen molar-refractivity contribution in [2.75, 3.05) is 17.3 Å². The van der Waals surface area contributed by atoms with Crippen LogP contribution in [-0.2, 0) is 4.79 Å². The number of ketones is 1. The molecule has 5 nitrogen and oxygen atoms in total. The number of nitrogens with one attached hydrogen (secondary N) is 1. The Morgan fingerprint density at radius 2 is 1.90 bits per heavy atom. The van der Waals surface area contributed by atoms with Gasteiger partial charge in [-0.15, -0.1) is 0 Å². The van der Waals surface area contributed by atoms with Crippen LogP contribution in [0, 0.1) is 11.3 Å². The Bertz CT molecular complexity index is 805. The van der Waals surface area contributed by atoms with Crippen LogP contribution in [0.4, 0.5) is 17.1 Å². The Hall–Kier alpha value is -3.13. The molecule has 5 heteroatoms. The molecule has 0 radical (unpaired) electrons. The second kappa shape index (κ2) is 4.76. The third kappa shape index (κ3) is 2.03. The number of carbonyl (C=O) groups is 2. The average molecular weight is 277 g/mol. The van der Waals surface area contributed by atoms with E-state index in [1.165, 1.54) is 0 Å². The lowest BCUT2D eigenvalue weighted by Gasteiger charge is -2.21. The maximum absolute atomic E-state index is 11.6. The molecule has 1 heterocycles. The van der Waals surface area contributed by atoms with Gasteiger partial charge in [0.1, 0.15) is 6.07 Å². The minimum absolute atomic E-state index is 0.380. The first-order chi connectivity index (χ1) is 10.1. The molecule has 0 fully saturated rings. The summed E-state index contributed by atoms with van der Waals surface area (Å²) in [5.74, 6) is -1.13. The van der Waals surface area contributed by atoms with E-state index in [9.17, 15) is 9.59 Å². The summed E-state index contributed by atoms with van der Waals surface area (Å²) in [6.45, 7) is 0. The van der Waals surface area contributed by atoms with Gasteiger partial charge in [-0.1, -0.05) is 12.1 Å². The summed E-state index contributed by atoms with van der Waals surface area (Å²) in [6.07, 6.45) is 0. The molecule has 0 bridgehead atoms. The first kappa shape index (κ1) is 12.9. The van der Waals surface area contributed by atoms with Crippen molar-refractivity contribution in [3.63, 3.8) is 0 Å². The highest BCUT2D eigenvalue weighted by Crippen LogP contribution is 2.32. The molecule has 0 saturated carbocycles. The fourth-order valence-electron chi connectivity index (χ4n) is 2.34. The number of fused-ring (bicyclic) bond motifs is 1. The van der Waals surface area contributed by atoms with Gasteiger partial charge in [-0.3, -0.25) is 9.59 Å². The van der Waals surface area contributed by atoms with Gasteiger partial charge in [0.25, 0.3) is 11.7 Å². The van der Waals surface area contributed by atoms with E-state index in [1.807, 2.05) is 24.1 Å². The van der Waals surface area contributed by atoms with Crippen LogP contribution in [0.2, 0.25) is 0 Å². The number of anilines is 3. The Kier molecular flexibility index (Phi) is 2.92. The van der Waals surface area contributed by atoms with Crippen LogP contribution in [-0.4, -0.2) is 18.7 Å². The fourth-order valence-corrected chi connectivity index (χ4v) is 2.34. The summed E-state index contributed by atoms with van der Waals surface area (Å²) >= 11 is 0. The van der Waals surface area contributed by atoms with Crippen LogP contribution in [0.5, 0.6) is 0 Å². The number of carbonyl (C=O) groups excluding carboxylic acids is 2. The standard InChI is InChI=1S/C16H11N3O2/c1-19(14-5-3-2-4-10(14)9-17)11-6-7-12-13(8-11)18-16(21)15(12)20/h2-8H,1H3,(H,18,20,21). The number of nitriles is 1. The second-order valence-electron chi connectivity index (χ2n) is 4.70. The minimum atomic E-state index is -0.609. The molecule has 1 N–H and O–H groups in total.